The molecule has 3 N–H and O–H groups in total. The molecule has 0 saturated carbocycles. The lowest BCUT2D eigenvalue weighted by molar-refractivity contribution is -0.127. The number of rotatable bonds is 9. The lowest BCUT2D eigenvalue weighted by atomic mass is 9.98. The van der Waals surface area contributed by atoms with Gasteiger partial charge in [-0.1, -0.05) is 80.9 Å². The summed E-state index contributed by atoms with van der Waals surface area (Å²) in [5, 5.41) is 3.04. The zero-order valence-corrected chi connectivity index (χ0v) is 18.5. The van der Waals surface area contributed by atoms with Crippen LogP contribution in [0.25, 0.3) is 0 Å². The zero-order valence-electron chi connectivity index (χ0n) is 18.5. The van der Waals surface area contributed by atoms with Crippen molar-refractivity contribution < 1.29 is 9.59 Å². The van der Waals surface area contributed by atoms with Crippen LogP contribution in [0.5, 0.6) is 0 Å². The SMILES string of the molecule is CC[C@H](C)[C@H](N)C(=O)N[C@H](/C=C/C(=O)N1Cc2ccccc2C1)CCc1ccccc1. The number of carbonyl (C=O) groups excluding carboxylic acids is 2. The van der Waals surface area contributed by atoms with Crippen molar-refractivity contribution in [3.63, 3.8) is 0 Å². The summed E-state index contributed by atoms with van der Waals surface area (Å²) in [6.45, 7) is 5.25. The first-order valence-corrected chi connectivity index (χ1v) is 11.1. The van der Waals surface area contributed by atoms with E-state index < -0.39 is 6.04 Å². The highest BCUT2D eigenvalue weighted by Gasteiger charge is 2.23. The van der Waals surface area contributed by atoms with Crippen molar-refractivity contribution in [1.29, 1.82) is 0 Å². The number of carbonyl (C=O) groups is 2. The number of hydrogen-bond donors (Lipinski definition) is 2. The van der Waals surface area contributed by atoms with E-state index >= 15 is 0 Å². The van der Waals surface area contributed by atoms with Crippen LogP contribution in [0.3, 0.4) is 0 Å². The van der Waals surface area contributed by atoms with Gasteiger partial charge in [0.2, 0.25) is 11.8 Å². The Hall–Kier alpha value is -2.92. The fourth-order valence-corrected chi connectivity index (χ4v) is 3.77. The monoisotopic (exact) mass is 419 g/mol. The van der Waals surface area contributed by atoms with E-state index in [2.05, 4.69) is 29.6 Å². The summed E-state index contributed by atoms with van der Waals surface area (Å²) >= 11 is 0. The van der Waals surface area contributed by atoms with Crippen LogP contribution in [0.2, 0.25) is 0 Å². The molecule has 0 bridgehead atoms. The van der Waals surface area contributed by atoms with Crippen LogP contribution in [-0.4, -0.2) is 28.8 Å². The summed E-state index contributed by atoms with van der Waals surface area (Å²) in [5.74, 6) is -0.108. The Kier molecular flexibility index (Phi) is 8.01. The number of nitrogens with zero attached hydrogens (tertiary/aromatic N) is 1. The van der Waals surface area contributed by atoms with Crippen LogP contribution in [0.1, 0.15) is 43.4 Å². The van der Waals surface area contributed by atoms with E-state index in [1.165, 1.54) is 16.7 Å². The van der Waals surface area contributed by atoms with Gasteiger partial charge in [0.05, 0.1) is 6.04 Å². The van der Waals surface area contributed by atoms with E-state index in [4.69, 9.17) is 5.73 Å². The van der Waals surface area contributed by atoms with Gasteiger partial charge in [0.25, 0.3) is 0 Å². The Morgan fingerprint density at radius 3 is 2.29 bits per heavy atom. The highest BCUT2D eigenvalue weighted by atomic mass is 16.2. The molecule has 5 heteroatoms. The molecule has 2 aromatic carbocycles. The molecule has 1 aliphatic rings. The Balaban J connectivity index is 1.65. The number of hydrogen-bond acceptors (Lipinski definition) is 3. The topological polar surface area (TPSA) is 75.4 Å². The zero-order chi connectivity index (χ0) is 22.2. The first-order chi connectivity index (χ1) is 15.0. The van der Waals surface area contributed by atoms with Crippen LogP contribution < -0.4 is 11.1 Å². The number of fused-ring (bicyclic) bond motifs is 1. The number of nitrogens with one attached hydrogen (secondary N) is 1. The van der Waals surface area contributed by atoms with Gasteiger partial charge in [-0.15, -0.1) is 0 Å². The van der Waals surface area contributed by atoms with E-state index in [1.807, 2.05) is 55.2 Å². The fraction of sp³-hybridized carbons (Fsp3) is 0.385. The quantitative estimate of drug-likeness (QED) is 0.610. The molecule has 164 valence electrons. The summed E-state index contributed by atoms with van der Waals surface area (Å²) in [5.41, 5.74) is 9.70. The minimum atomic E-state index is -0.554. The maximum absolute atomic E-state index is 12.8. The van der Waals surface area contributed by atoms with E-state index in [0.29, 0.717) is 19.5 Å². The maximum Gasteiger partial charge on any atom is 0.246 e. The summed E-state index contributed by atoms with van der Waals surface area (Å²) < 4.78 is 0. The van der Waals surface area contributed by atoms with Crippen molar-refractivity contribution in [3.8, 4) is 0 Å². The molecule has 0 aliphatic carbocycles. The summed E-state index contributed by atoms with van der Waals surface area (Å²) in [4.78, 5) is 27.2. The van der Waals surface area contributed by atoms with Crippen LogP contribution in [0.4, 0.5) is 0 Å². The van der Waals surface area contributed by atoms with Gasteiger partial charge in [0, 0.05) is 25.2 Å². The molecule has 0 aromatic heterocycles. The lowest BCUT2D eigenvalue weighted by Gasteiger charge is -2.22. The molecule has 0 fully saturated rings. The molecule has 2 amide bonds. The normalized spacial score (nSPS) is 16.0. The van der Waals surface area contributed by atoms with Crippen LogP contribution >= 0.6 is 0 Å². The molecule has 3 rings (SSSR count). The highest BCUT2D eigenvalue weighted by molar-refractivity contribution is 5.88. The van der Waals surface area contributed by atoms with Crippen LogP contribution in [-0.2, 0) is 29.1 Å². The van der Waals surface area contributed by atoms with Gasteiger partial charge >= 0.3 is 0 Å². The van der Waals surface area contributed by atoms with Gasteiger partial charge in [0.15, 0.2) is 0 Å². The number of amides is 2. The van der Waals surface area contributed by atoms with Crippen molar-refractivity contribution in [3.05, 3.63) is 83.4 Å². The van der Waals surface area contributed by atoms with Crippen molar-refractivity contribution in [2.24, 2.45) is 11.7 Å². The van der Waals surface area contributed by atoms with Crippen molar-refractivity contribution in [2.45, 2.75) is 58.3 Å². The molecule has 31 heavy (non-hydrogen) atoms. The minimum absolute atomic E-state index is 0.0404. The molecule has 0 unspecified atom stereocenters. The van der Waals surface area contributed by atoms with Gasteiger partial charge in [-0.3, -0.25) is 9.59 Å². The number of benzene rings is 2. The second kappa shape index (κ2) is 10.9. The second-order valence-electron chi connectivity index (χ2n) is 8.37. The van der Waals surface area contributed by atoms with Crippen LogP contribution in [0, 0.1) is 5.92 Å². The fourth-order valence-electron chi connectivity index (χ4n) is 3.77. The summed E-state index contributed by atoms with van der Waals surface area (Å²) in [7, 11) is 0. The first kappa shape index (κ1) is 22.8. The molecule has 2 aromatic rings. The lowest BCUT2D eigenvalue weighted by Crippen LogP contribution is -2.48. The van der Waals surface area contributed by atoms with Crippen molar-refractivity contribution in [2.75, 3.05) is 0 Å². The third-order valence-electron chi connectivity index (χ3n) is 6.10. The van der Waals surface area contributed by atoms with Gasteiger partial charge in [-0.25, -0.2) is 0 Å². The Morgan fingerprint density at radius 1 is 1.06 bits per heavy atom. The van der Waals surface area contributed by atoms with Crippen molar-refractivity contribution >= 4 is 11.8 Å². The molecule has 5 nitrogen and oxygen atoms in total. The smallest absolute Gasteiger partial charge is 0.246 e. The first-order valence-electron chi connectivity index (χ1n) is 11.1. The molecule has 0 spiro atoms. The minimum Gasteiger partial charge on any atom is -0.349 e. The van der Waals surface area contributed by atoms with Gasteiger partial charge in [0.1, 0.15) is 0 Å². The van der Waals surface area contributed by atoms with E-state index in [0.717, 1.165) is 12.8 Å². The van der Waals surface area contributed by atoms with E-state index in [-0.39, 0.29) is 23.8 Å². The van der Waals surface area contributed by atoms with E-state index in [1.54, 1.807) is 6.08 Å². The van der Waals surface area contributed by atoms with Gasteiger partial charge in [-0.05, 0) is 35.4 Å². The Bertz CT molecular complexity index is 885. The summed E-state index contributed by atoms with van der Waals surface area (Å²) in [6, 6.07) is 17.4. The standard InChI is InChI=1S/C26H33N3O2/c1-3-19(2)25(27)26(31)28-23(14-13-20-9-5-4-6-10-20)15-16-24(30)29-17-21-11-7-8-12-22(21)18-29/h4-12,15-16,19,23,25H,3,13-14,17-18,27H2,1-2H3,(H,28,31)/b16-15+/t19-,23-,25-/m0/s1. The second-order valence-corrected chi connectivity index (χ2v) is 8.37. The Labute approximate surface area is 185 Å². The predicted octanol–water partition coefficient (Wildman–Crippen LogP) is 3.58. The van der Waals surface area contributed by atoms with Gasteiger partial charge in [-0.2, -0.15) is 0 Å². The molecular formula is C26H33N3O2. The largest absolute Gasteiger partial charge is 0.349 e. The third-order valence-corrected chi connectivity index (χ3v) is 6.10. The highest BCUT2D eigenvalue weighted by Crippen LogP contribution is 2.22. The molecule has 1 aliphatic heterocycles. The molecule has 1 heterocycles. The third kappa shape index (κ3) is 6.28. The predicted molar refractivity (Wildman–Crippen MR) is 124 cm³/mol. The average Bonchev–Trinajstić information content (AvgIpc) is 3.24. The number of aryl methyl sites for hydroxylation is 1. The molecule has 0 saturated heterocycles. The average molecular weight is 420 g/mol. The van der Waals surface area contributed by atoms with E-state index in [9.17, 15) is 9.59 Å². The Morgan fingerprint density at radius 2 is 1.68 bits per heavy atom. The molecule has 0 radical (unpaired) electrons. The number of nitrogens with two attached hydrogens (primary N) is 1. The molecule has 3 atom stereocenters. The molecular weight excluding hydrogens is 386 g/mol. The maximum atomic E-state index is 12.8. The van der Waals surface area contributed by atoms with Crippen molar-refractivity contribution in [1.82, 2.24) is 10.2 Å². The van der Waals surface area contributed by atoms with Gasteiger partial charge < -0.3 is 16.0 Å². The van der Waals surface area contributed by atoms with Crippen LogP contribution in [0.15, 0.2) is 66.7 Å². The summed E-state index contributed by atoms with van der Waals surface area (Å²) in [6.07, 6.45) is 5.75.